The van der Waals surface area contributed by atoms with E-state index in [1.54, 1.807) is 6.07 Å². The van der Waals surface area contributed by atoms with Crippen molar-refractivity contribution < 1.29 is 13.9 Å². The molecule has 2 N–H and O–H groups in total. The summed E-state index contributed by atoms with van der Waals surface area (Å²) >= 11 is 0. The minimum absolute atomic E-state index is 0.0423. The molecule has 2 fully saturated rings. The normalized spacial score (nSPS) is 26.4. The van der Waals surface area contributed by atoms with Gasteiger partial charge >= 0.3 is 5.63 Å². The lowest BCUT2D eigenvalue weighted by Gasteiger charge is -2.24. The Balaban J connectivity index is 1.65. The Bertz CT molecular complexity index is 832. The predicted molar refractivity (Wildman–Crippen MR) is 85.5 cm³/mol. The molecular weight excluding hydrogens is 296 g/mol. The topological polar surface area (TPSA) is 80.6 Å². The van der Waals surface area contributed by atoms with Crippen molar-refractivity contribution >= 4 is 22.6 Å². The molecule has 6 nitrogen and oxygen atoms in total. The van der Waals surface area contributed by atoms with Crippen LogP contribution in [0.4, 0.5) is 5.69 Å². The average Bonchev–Trinajstić information content (AvgIpc) is 3.06. The van der Waals surface area contributed by atoms with Crippen molar-refractivity contribution in [1.82, 2.24) is 5.32 Å². The van der Waals surface area contributed by atoms with Crippen LogP contribution in [-0.2, 0) is 9.53 Å². The number of hydrogen-bond acceptors (Lipinski definition) is 5. The van der Waals surface area contributed by atoms with Crippen LogP contribution in [0, 0.1) is 18.3 Å². The van der Waals surface area contributed by atoms with E-state index in [0.717, 1.165) is 17.5 Å². The van der Waals surface area contributed by atoms with E-state index in [4.69, 9.17) is 9.15 Å². The lowest BCUT2D eigenvalue weighted by Crippen LogP contribution is -2.42. The number of nitrogens with one attached hydrogen (secondary N) is 2. The summed E-state index contributed by atoms with van der Waals surface area (Å²) in [5, 5.41) is 7.10. The SMILES string of the molecule is Cc1cc(=O)oc2cc(NC(=O)[C@]34CNC[C@H]3COC4)ccc12. The van der Waals surface area contributed by atoms with Crippen LogP contribution in [0.3, 0.4) is 0 Å². The first-order valence-corrected chi connectivity index (χ1v) is 7.73. The summed E-state index contributed by atoms with van der Waals surface area (Å²) in [6, 6.07) is 6.85. The second kappa shape index (κ2) is 5.18. The van der Waals surface area contributed by atoms with E-state index in [9.17, 15) is 9.59 Å². The zero-order chi connectivity index (χ0) is 16.0. The molecule has 2 aromatic rings. The molecule has 0 unspecified atom stereocenters. The number of fused-ring (bicyclic) bond motifs is 2. The number of anilines is 1. The van der Waals surface area contributed by atoms with Gasteiger partial charge in [0, 0.05) is 42.2 Å². The molecule has 2 atom stereocenters. The van der Waals surface area contributed by atoms with Crippen LogP contribution in [-0.4, -0.2) is 32.2 Å². The molecule has 0 spiro atoms. The van der Waals surface area contributed by atoms with Gasteiger partial charge in [-0.25, -0.2) is 4.79 Å². The molecule has 120 valence electrons. The molecule has 0 saturated carbocycles. The lowest BCUT2D eigenvalue weighted by molar-refractivity contribution is -0.125. The third kappa shape index (κ3) is 2.26. The van der Waals surface area contributed by atoms with Gasteiger partial charge in [0.15, 0.2) is 0 Å². The van der Waals surface area contributed by atoms with Gasteiger partial charge in [-0.2, -0.15) is 0 Å². The summed E-state index contributed by atoms with van der Waals surface area (Å²) in [6.07, 6.45) is 0. The van der Waals surface area contributed by atoms with Crippen molar-refractivity contribution in [3.63, 3.8) is 0 Å². The largest absolute Gasteiger partial charge is 0.423 e. The highest BCUT2D eigenvalue weighted by molar-refractivity contribution is 5.98. The van der Waals surface area contributed by atoms with Crippen molar-refractivity contribution in [3.8, 4) is 0 Å². The van der Waals surface area contributed by atoms with Gasteiger partial charge in [-0.15, -0.1) is 0 Å². The molecule has 23 heavy (non-hydrogen) atoms. The molecule has 2 saturated heterocycles. The van der Waals surface area contributed by atoms with Crippen LogP contribution >= 0.6 is 0 Å². The van der Waals surface area contributed by atoms with Gasteiger partial charge < -0.3 is 19.8 Å². The minimum atomic E-state index is -0.498. The molecule has 3 heterocycles. The maximum Gasteiger partial charge on any atom is 0.336 e. The van der Waals surface area contributed by atoms with Gasteiger partial charge in [0.1, 0.15) is 5.58 Å². The second-order valence-electron chi connectivity index (χ2n) is 6.41. The van der Waals surface area contributed by atoms with Crippen molar-refractivity contribution in [2.24, 2.45) is 11.3 Å². The van der Waals surface area contributed by atoms with E-state index in [1.165, 1.54) is 6.07 Å². The van der Waals surface area contributed by atoms with E-state index in [0.29, 0.717) is 31.0 Å². The molecule has 6 heteroatoms. The van der Waals surface area contributed by atoms with Crippen LogP contribution in [0.2, 0.25) is 0 Å². The molecule has 1 aromatic carbocycles. The quantitative estimate of drug-likeness (QED) is 0.816. The first-order chi connectivity index (χ1) is 11.1. The van der Waals surface area contributed by atoms with Crippen LogP contribution in [0.25, 0.3) is 11.0 Å². The average molecular weight is 314 g/mol. The molecular formula is C17H18N2O4. The smallest absolute Gasteiger partial charge is 0.336 e. The number of rotatable bonds is 2. The Morgan fingerprint density at radius 1 is 1.39 bits per heavy atom. The predicted octanol–water partition coefficient (Wildman–Crippen LogP) is 1.28. The number of amides is 1. The second-order valence-corrected chi connectivity index (χ2v) is 6.41. The van der Waals surface area contributed by atoms with E-state index in [-0.39, 0.29) is 17.5 Å². The van der Waals surface area contributed by atoms with Crippen LogP contribution in [0.15, 0.2) is 33.5 Å². The Kier molecular flexibility index (Phi) is 3.25. The van der Waals surface area contributed by atoms with E-state index in [1.807, 2.05) is 19.1 Å². The monoisotopic (exact) mass is 314 g/mol. The summed E-state index contributed by atoms with van der Waals surface area (Å²) in [6.45, 7) is 4.36. The van der Waals surface area contributed by atoms with Gasteiger partial charge in [0.2, 0.25) is 5.91 Å². The highest BCUT2D eigenvalue weighted by atomic mass is 16.5. The molecule has 0 bridgehead atoms. The standard InChI is InChI=1S/C17H18N2O4/c1-10-4-15(20)23-14-5-12(2-3-13(10)14)19-16(21)17-8-18-6-11(17)7-22-9-17/h2-5,11,18H,6-9H2,1H3,(H,19,21)/t11-,17-/m0/s1. The molecule has 2 aliphatic heterocycles. The fourth-order valence-corrected chi connectivity index (χ4v) is 3.57. The number of carbonyl (C=O) groups excluding carboxylic acids is 1. The number of hydrogen-bond donors (Lipinski definition) is 2. The van der Waals surface area contributed by atoms with Crippen LogP contribution in [0.1, 0.15) is 5.56 Å². The molecule has 0 aliphatic carbocycles. The van der Waals surface area contributed by atoms with Gasteiger partial charge in [-0.05, 0) is 24.6 Å². The number of aryl methyl sites for hydroxylation is 1. The summed E-state index contributed by atoms with van der Waals surface area (Å²) < 4.78 is 10.7. The number of benzene rings is 1. The van der Waals surface area contributed by atoms with E-state index >= 15 is 0 Å². The fourth-order valence-electron chi connectivity index (χ4n) is 3.57. The Morgan fingerprint density at radius 2 is 2.26 bits per heavy atom. The summed E-state index contributed by atoms with van der Waals surface area (Å²) in [5.41, 5.74) is 1.08. The Hall–Kier alpha value is -2.18. The fraction of sp³-hybridized carbons (Fsp3) is 0.412. The number of ether oxygens (including phenoxy) is 1. The van der Waals surface area contributed by atoms with E-state index < -0.39 is 5.41 Å². The van der Waals surface area contributed by atoms with Crippen LogP contribution < -0.4 is 16.3 Å². The molecule has 2 aliphatic rings. The number of carbonyl (C=O) groups is 1. The Labute approximate surface area is 132 Å². The zero-order valence-corrected chi connectivity index (χ0v) is 12.8. The highest BCUT2D eigenvalue weighted by Gasteiger charge is 2.53. The summed E-state index contributed by atoms with van der Waals surface area (Å²) in [5.74, 6) is 0.169. The van der Waals surface area contributed by atoms with Crippen molar-refractivity contribution in [1.29, 1.82) is 0 Å². The lowest BCUT2D eigenvalue weighted by atomic mass is 9.80. The molecule has 0 radical (unpaired) electrons. The maximum absolute atomic E-state index is 12.8. The first kappa shape index (κ1) is 14.4. The molecule has 1 amide bonds. The maximum atomic E-state index is 12.8. The molecule has 1 aromatic heterocycles. The van der Waals surface area contributed by atoms with Gasteiger partial charge in [0.25, 0.3) is 0 Å². The zero-order valence-electron chi connectivity index (χ0n) is 12.8. The summed E-state index contributed by atoms with van der Waals surface area (Å²) in [7, 11) is 0. The van der Waals surface area contributed by atoms with Crippen molar-refractivity contribution in [2.45, 2.75) is 6.92 Å². The van der Waals surface area contributed by atoms with Crippen molar-refractivity contribution in [3.05, 3.63) is 40.2 Å². The van der Waals surface area contributed by atoms with Gasteiger partial charge in [0.05, 0.1) is 18.6 Å². The van der Waals surface area contributed by atoms with Gasteiger partial charge in [-0.1, -0.05) is 0 Å². The summed E-state index contributed by atoms with van der Waals surface area (Å²) in [4.78, 5) is 24.3. The minimum Gasteiger partial charge on any atom is -0.423 e. The van der Waals surface area contributed by atoms with Crippen molar-refractivity contribution in [2.75, 3.05) is 31.6 Å². The third-order valence-electron chi connectivity index (χ3n) is 4.95. The first-order valence-electron chi connectivity index (χ1n) is 7.73. The van der Waals surface area contributed by atoms with Crippen LogP contribution in [0.5, 0.6) is 0 Å². The third-order valence-corrected chi connectivity index (χ3v) is 4.95. The van der Waals surface area contributed by atoms with E-state index in [2.05, 4.69) is 10.6 Å². The van der Waals surface area contributed by atoms with Gasteiger partial charge in [-0.3, -0.25) is 4.79 Å². The highest BCUT2D eigenvalue weighted by Crippen LogP contribution is 2.38. The molecule has 4 rings (SSSR count). The Morgan fingerprint density at radius 3 is 3.13 bits per heavy atom.